The van der Waals surface area contributed by atoms with Gasteiger partial charge >= 0.3 is 0 Å². The summed E-state index contributed by atoms with van der Waals surface area (Å²) in [4.78, 5) is 14.8. The molecule has 21 heavy (non-hydrogen) atoms. The Hall–Kier alpha value is -1.55. The minimum atomic E-state index is -0.203. The van der Waals surface area contributed by atoms with Gasteiger partial charge in [-0.05, 0) is 50.0 Å². The van der Waals surface area contributed by atoms with E-state index in [0.717, 1.165) is 44.3 Å². The van der Waals surface area contributed by atoms with Gasteiger partial charge < -0.3 is 15.3 Å². The maximum absolute atomic E-state index is 12.9. The van der Waals surface area contributed by atoms with Crippen molar-refractivity contribution in [3.8, 4) is 5.75 Å². The number of nitrogens with zero attached hydrogens (tertiary/aromatic N) is 1. The lowest BCUT2D eigenvalue weighted by molar-refractivity contribution is -0.143. The second kappa shape index (κ2) is 6.94. The van der Waals surface area contributed by atoms with Crippen LogP contribution in [0.1, 0.15) is 38.2 Å². The van der Waals surface area contributed by atoms with Crippen LogP contribution in [0, 0.1) is 5.41 Å². The molecule has 0 aromatic heterocycles. The molecule has 0 saturated carbocycles. The molecule has 2 rings (SSSR count). The first-order valence-corrected chi connectivity index (χ1v) is 7.81. The number of aromatic hydroxyl groups is 1. The van der Waals surface area contributed by atoms with Crippen molar-refractivity contribution < 1.29 is 9.90 Å². The van der Waals surface area contributed by atoms with Crippen molar-refractivity contribution >= 4 is 5.91 Å². The number of carbonyl (C=O) groups excluding carboxylic acids is 1. The molecule has 1 heterocycles. The zero-order valence-corrected chi connectivity index (χ0v) is 13.1. The number of amides is 1. The molecule has 1 aliphatic rings. The fraction of sp³-hybridized carbons (Fsp3) is 0.588. The predicted octanol–water partition coefficient (Wildman–Crippen LogP) is 2.52. The first-order valence-electron chi connectivity index (χ1n) is 7.81. The van der Waals surface area contributed by atoms with Crippen molar-refractivity contribution in [3.63, 3.8) is 0 Å². The Morgan fingerprint density at radius 3 is 2.71 bits per heavy atom. The van der Waals surface area contributed by atoms with Crippen LogP contribution in [0.2, 0.25) is 0 Å². The van der Waals surface area contributed by atoms with E-state index < -0.39 is 0 Å². The Bertz CT molecular complexity index is 476. The molecule has 1 amide bonds. The lowest BCUT2D eigenvalue weighted by Crippen LogP contribution is -2.47. The van der Waals surface area contributed by atoms with E-state index in [0.29, 0.717) is 6.54 Å². The molecule has 0 spiro atoms. The average Bonchev–Trinajstić information content (AvgIpc) is 2.47. The summed E-state index contributed by atoms with van der Waals surface area (Å²) in [5, 5.41) is 12.9. The molecule has 1 fully saturated rings. The second-order valence-corrected chi connectivity index (χ2v) is 6.11. The fourth-order valence-corrected chi connectivity index (χ4v) is 3.36. The zero-order chi connectivity index (χ0) is 15.3. The van der Waals surface area contributed by atoms with E-state index in [1.165, 1.54) is 0 Å². The molecular formula is C17H26N2O2. The summed E-state index contributed by atoms with van der Waals surface area (Å²) in [5.74, 6) is 0.493. The van der Waals surface area contributed by atoms with E-state index in [1.807, 2.05) is 24.1 Å². The highest BCUT2D eigenvalue weighted by molar-refractivity contribution is 5.82. The van der Waals surface area contributed by atoms with E-state index in [2.05, 4.69) is 12.2 Å². The fourth-order valence-electron chi connectivity index (χ4n) is 3.36. The standard InChI is InChI=1S/C17H26N2O2/c1-3-7-17(8-10-18-11-9-17)16(21)19(2)13-14-5-4-6-15(20)12-14/h4-6,12,18,20H,3,7-11,13H2,1-2H3. The number of rotatable bonds is 5. The maximum atomic E-state index is 12.9. The van der Waals surface area contributed by atoms with Crippen molar-refractivity contribution in [1.82, 2.24) is 10.2 Å². The highest BCUT2D eigenvalue weighted by Gasteiger charge is 2.40. The molecule has 0 bridgehead atoms. The summed E-state index contributed by atoms with van der Waals surface area (Å²) in [6, 6.07) is 7.13. The Morgan fingerprint density at radius 1 is 1.38 bits per heavy atom. The minimum absolute atomic E-state index is 0.203. The zero-order valence-electron chi connectivity index (χ0n) is 13.1. The molecule has 4 heteroatoms. The van der Waals surface area contributed by atoms with Gasteiger partial charge in [0.05, 0.1) is 5.41 Å². The van der Waals surface area contributed by atoms with Crippen molar-refractivity contribution in [2.75, 3.05) is 20.1 Å². The molecule has 0 aliphatic carbocycles. The summed E-state index contributed by atoms with van der Waals surface area (Å²) in [6.07, 6.45) is 3.83. The van der Waals surface area contributed by atoms with Gasteiger partial charge in [-0.15, -0.1) is 0 Å². The van der Waals surface area contributed by atoms with Crippen LogP contribution >= 0.6 is 0 Å². The molecule has 2 N–H and O–H groups in total. The molecule has 1 aromatic rings. The number of carbonyl (C=O) groups is 1. The molecule has 116 valence electrons. The van der Waals surface area contributed by atoms with Crippen LogP contribution in [-0.4, -0.2) is 36.1 Å². The molecule has 0 unspecified atom stereocenters. The maximum Gasteiger partial charge on any atom is 0.228 e. The summed E-state index contributed by atoms with van der Waals surface area (Å²) < 4.78 is 0. The van der Waals surface area contributed by atoms with Crippen LogP contribution < -0.4 is 5.32 Å². The Balaban J connectivity index is 2.09. The lowest BCUT2D eigenvalue weighted by atomic mass is 9.74. The number of benzene rings is 1. The Labute approximate surface area is 127 Å². The largest absolute Gasteiger partial charge is 0.508 e. The van der Waals surface area contributed by atoms with E-state index in [-0.39, 0.29) is 17.1 Å². The molecule has 0 atom stereocenters. The van der Waals surface area contributed by atoms with Crippen LogP contribution in [0.4, 0.5) is 0 Å². The summed E-state index contributed by atoms with van der Waals surface area (Å²) in [7, 11) is 1.87. The number of nitrogens with one attached hydrogen (secondary N) is 1. The predicted molar refractivity (Wildman–Crippen MR) is 84.0 cm³/mol. The van der Waals surface area contributed by atoms with Crippen LogP contribution in [0.25, 0.3) is 0 Å². The van der Waals surface area contributed by atoms with Crippen molar-refractivity contribution in [2.24, 2.45) is 5.41 Å². The van der Waals surface area contributed by atoms with Gasteiger partial charge in [0.15, 0.2) is 0 Å². The smallest absolute Gasteiger partial charge is 0.228 e. The number of phenolic OH excluding ortho intramolecular Hbond substituents is 1. The molecule has 1 aliphatic heterocycles. The van der Waals surface area contributed by atoms with Gasteiger partial charge in [-0.25, -0.2) is 0 Å². The van der Waals surface area contributed by atoms with Crippen molar-refractivity contribution in [1.29, 1.82) is 0 Å². The lowest BCUT2D eigenvalue weighted by Gasteiger charge is -2.39. The first-order chi connectivity index (χ1) is 10.1. The van der Waals surface area contributed by atoms with Gasteiger partial charge in [-0.1, -0.05) is 25.5 Å². The van der Waals surface area contributed by atoms with Crippen LogP contribution in [-0.2, 0) is 11.3 Å². The van der Waals surface area contributed by atoms with Gasteiger partial charge in [0, 0.05) is 13.6 Å². The van der Waals surface area contributed by atoms with E-state index >= 15 is 0 Å². The molecular weight excluding hydrogens is 264 g/mol. The number of hydrogen-bond acceptors (Lipinski definition) is 3. The van der Waals surface area contributed by atoms with Crippen molar-refractivity contribution in [2.45, 2.75) is 39.2 Å². The first kappa shape index (κ1) is 15.8. The number of phenols is 1. The molecule has 4 nitrogen and oxygen atoms in total. The average molecular weight is 290 g/mol. The quantitative estimate of drug-likeness (QED) is 0.876. The van der Waals surface area contributed by atoms with E-state index in [4.69, 9.17) is 0 Å². The highest BCUT2D eigenvalue weighted by Crippen LogP contribution is 2.36. The third-order valence-electron chi connectivity index (χ3n) is 4.42. The molecule has 1 aromatic carbocycles. The van der Waals surface area contributed by atoms with Gasteiger partial charge in [0.25, 0.3) is 0 Å². The SMILES string of the molecule is CCCC1(C(=O)N(C)Cc2cccc(O)c2)CCNCC1. The van der Waals surface area contributed by atoms with Crippen LogP contribution in [0.5, 0.6) is 5.75 Å². The molecule has 1 saturated heterocycles. The van der Waals surface area contributed by atoms with Gasteiger partial charge in [0.2, 0.25) is 5.91 Å². The van der Waals surface area contributed by atoms with Gasteiger partial charge in [0.1, 0.15) is 5.75 Å². The third-order valence-corrected chi connectivity index (χ3v) is 4.42. The van der Waals surface area contributed by atoms with Crippen molar-refractivity contribution in [3.05, 3.63) is 29.8 Å². The van der Waals surface area contributed by atoms with Crippen LogP contribution in [0.15, 0.2) is 24.3 Å². The second-order valence-electron chi connectivity index (χ2n) is 6.11. The number of hydrogen-bond donors (Lipinski definition) is 2. The van der Waals surface area contributed by atoms with E-state index in [1.54, 1.807) is 12.1 Å². The Kier molecular flexibility index (Phi) is 5.23. The summed E-state index contributed by atoms with van der Waals surface area (Å²) in [5.41, 5.74) is 0.761. The van der Waals surface area contributed by atoms with E-state index in [9.17, 15) is 9.90 Å². The summed E-state index contributed by atoms with van der Waals surface area (Å²) >= 11 is 0. The monoisotopic (exact) mass is 290 g/mol. The van der Waals surface area contributed by atoms with Gasteiger partial charge in [-0.3, -0.25) is 4.79 Å². The minimum Gasteiger partial charge on any atom is -0.508 e. The summed E-state index contributed by atoms with van der Waals surface area (Å²) in [6.45, 7) is 4.54. The topological polar surface area (TPSA) is 52.6 Å². The molecule has 0 radical (unpaired) electrons. The normalized spacial score (nSPS) is 17.4. The third kappa shape index (κ3) is 3.76. The number of piperidine rings is 1. The highest BCUT2D eigenvalue weighted by atomic mass is 16.3. The van der Waals surface area contributed by atoms with Crippen LogP contribution in [0.3, 0.4) is 0 Å². The Morgan fingerprint density at radius 2 is 2.10 bits per heavy atom. The van der Waals surface area contributed by atoms with Gasteiger partial charge in [-0.2, -0.15) is 0 Å².